The summed E-state index contributed by atoms with van der Waals surface area (Å²) >= 11 is 1.86. The maximum absolute atomic E-state index is 2.41. The summed E-state index contributed by atoms with van der Waals surface area (Å²) in [5, 5.41) is 7.66. The van der Waals surface area contributed by atoms with Crippen LogP contribution in [-0.2, 0) is 0 Å². The molecule has 0 unspecified atom stereocenters. The topological polar surface area (TPSA) is 8.17 Å². The molecule has 0 aliphatic rings. The van der Waals surface area contributed by atoms with Gasteiger partial charge in [-0.2, -0.15) is 0 Å². The van der Waals surface area contributed by atoms with E-state index in [4.69, 9.17) is 0 Å². The highest BCUT2D eigenvalue weighted by atomic mass is 32.1. The van der Waals surface area contributed by atoms with Crippen molar-refractivity contribution in [2.45, 2.75) is 0 Å². The summed E-state index contributed by atoms with van der Waals surface area (Å²) < 4.78 is 5.01. The molecule has 0 radical (unpaired) electrons. The first kappa shape index (κ1) is 31.6. The van der Waals surface area contributed by atoms with Crippen molar-refractivity contribution < 1.29 is 0 Å². The highest BCUT2D eigenvalue weighted by molar-refractivity contribution is 7.25. The van der Waals surface area contributed by atoms with Crippen LogP contribution in [0.25, 0.3) is 80.7 Å². The van der Waals surface area contributed by atoms with Crippen LogP contribution in [0.4, 0.5) is 17.1 Å². The van der Waals surface area contributed by atoms with E-state index in [1.165, 1.54) is 80.7 Å². The van der Waals surface area contributed by atoms with Gasteiger partial charge in [-0.3, -0.25) is 0 Å². The van der Waals surface area contributed by atoms with E-state index in [0.717, 1.165) is 17.1 Å². The molecule has 2 nitrogen and oxygen atoms in total. The highest BCUT2D eigenvalue weighted by Crippen LogP contribution is 2.43. The Morgan fingerprint density at radius 1 is 0.345 bits per heavy atom. The van der Waals surface area contributed by atoms with Crippen LogP contribution >= 0.6 is 11.3 Å². The SMILES string of the molecule is c1ccc(-n2c3ccccc3c3ccccc32)c(-c2ccc(N(c3ccc(-c4cccc5ccccc45)cc3)c3ccc4c(c3)sc3ccccc34)cc2)c1. The van der Waals surface area contributed by atoms with E-state index in [1.807, 2.05) is 11.3 Å². The summed E-state index contributed by atoms with van der Waals surface area (Å²) in [4.78, 5) is 2.39. The first-order chi connectivity index (χ1) is 27.3. The number of nitrogens with zero attached hydrogens (tertiary/aromatic N) is 2. The maximum atomic E-state index is 2.41. The van der Waals surface area contributed by atoms with Gasteiger partial charge < -0.3 is 9.47 Å². The number of aromatic nitrogens is 1. The van der Waals surface area contributed by atoms with E-state index in [2.05, 4.69) is 216 Å². The van der Waals surface area contributed by atoms with Gasteiger partial charge in [0.05, 0.1) is 16.7 Å². The van der Waals surface area contributed by atoms with E-state index in [9.17, 15) is 0 Å². The molecule has 0 aliphatic heterocycles. The van der Waals surface area contributed by atoms with E-state index in [1.54, 1.807) is 0 Å². The second-order valence-electron chi connectivity index (χ2n) is 14.1. The third-order valence-corrected chi connectivity index (χ3v) is 12.1. The summed E-state index contributed by atoms with van der Waals surface area (Å²) in [6.07, 6.45) is 0. The predicted molar refractivity (Wildman–Crippen MR) is 237 cm³/mol. The Labute approximate surface area is 323 Å². The van der Waals surface area contributed by atoms with Crippen LogP contribution in [0.15, 0.2) is 206 Å². The Balaban J connectivity index is 1.04. The first-order valence-corrected chi connectivity index (χ1v) is 19.6. The van der Waals surface area contributed by atoms with Gasteiger partial charge in [0.15, 0.2) is 0 Å². The van der Waals surface area contributed by atoms with Crippen molar-refractivity contribution in [3.8, 4) is 27.9 Å². The Hall–Kier alpha value is -6.94. The molecule has 2 aromatic heterocycles. The number of para-hydroxylation sites is 3. The fourth-order valence-corrected chi connectivity index (χ4v) is 9.59. The minimum atomic E-state index is 1.11. The Kier molecular flexibility index (Phi) is 7.39. The van der Waals surface area contributed by atoms with Gasteiger partial charge in [0.1, 0.15) is 0 Å². The van der Waals surface area contributed by atoms with Crippen molar-refractivity contribution in [1.29, 1.82) is 0 Å². The summed E-state index contributed by atoms with van der Waals surface area (Å²) in [5.74, 6) is 0. The molecule has 0 atom stereocenters. The standard InChI is InChI=1S/C52H34N2S/c1-2-14-41-35(12-1)13-11-19-42(41)36-24-28-38(29-25-36)53(40-32-33-47-46-18-6-10-23-51(46)55-52(47)34-40)39-30-26-37(27-31-39)43-15-3-7-20-48(43)54-49-21-8-4-16-44(49)45-17-5-9-22-50(45)54/h1-34H. The molecule has 0 spiro atoms. The third-order valence-electron chi connectivity index (χ3n) is 11.0. The van der Waals surface area contributed by atoms with Crippen molar-refractivity contribution in [2.75, 3.05) is 4.90 Å². The van der Waals surface area contributed by atoms with Crippen LogP contribution in [0.2, 0.25) is 0 Å². The lowest BCUT2D eigenvalue weighted by atomic mass is 9.98. The Morgan fingerprint density at radius 3 is 1.58 bits per heavy atom. The van der Waals surface area contributed by atoms with Gasteiger partial charge >= 0.3 is 0 Å². The largest absolute Gasteiger partial charge is 0.310 e. The van der Waals surface area contributed by atoms with Gasteiger partial charge in [-0.15, -0.1) is 11.3 Å². The number of fused-ring (bicyclic) bond motifs is 7. The van der Waals surface area contributed by atoms with Crippen molar-refractivity contribution in [1.82, 2.24) is 4.57 Å². The number of rotatable bonds is 6. The van der Waals surface area contributed by atoms with E-state index < -0.39 is 0 Å². The normalized spacial score (nSPS) is 11.6. The number of hydrogen-bond donors (Lipinski definition) is 0. The fraction of sp³-hybridized carbons (Fsp3) is 0. The lowest BCUT2D eigenvalue weighted by Gasteiger charge is -2.26. The van der Waals surface area contributed by atoms with Crippen molar-refractivity contribution in [2.24, 2.45) is 0 Å². The molecule has 0 fully saturated rings. The molecular formula is C52H34N2S. The van der Waals surface area contributed by atoms with Crippen molar-refractivity contribution in [3.63, 3.8) is 0 Å². The molecule has 0 amide bonds. The number of thiophene rings is 1. The van der Waals surface area contributed by atoms with Crippen LogP contribution < -0.4 is 4.90 Å². The highest BCUT2D eigenvalue weighted by Gasteiger charge is 2.18. The van der Waals surface area contributed by atoms with E-state index in [0.29, 0.717) is 0 Å². The second kappa shape index (κ2) is 12.9. The minimum Gasteiger partial charge on any atom is -0.310 e. The zero-order valence-electron chi connectivity index (χ0n) is 29.9. The molecule has 258 valence electrons. The van der Waals surface area contributed by atoms with Crippen LogP contribution in [0.1, 0.15) is 0 Å². The molecule has 9 aromatic carbocycles. The van der Waals surface area contributed by atoms with Gasteiger partial charge in [0, 0.05) is 53.6 Å². The van der Waals surface area contributed by atoms with Gasteiger partial charge in [-0.25, -0.2) is 0 Å². The fourth-order valence-electron chi connectivity index (χ4n) is 8.45. The molecule has 0 N–H and O–H groups in total. The Morgan fingerprint density at radius 2 is 0.855 bits per heavy atom. The first-order valence-electron chi connectivity index (χ1n) is 18.8. The Bertz CT molecular complexity index is 3150. The monoisotopic (exact) mass is 718 g/mol. The van der Waals surface area contributed by atoms with Crippen molar-refractivity contribution in [3.05, 3.63) is 206 Å². The van der Waals surface area contributed by atoms with Gasteiger partial charge in [-0.1, -0.05) is 146 Å². The lowest BCUT2D eigenvalue weighted by molar-refractivity contribution is 1.18. The van der Waals surface area contributed by atoms with Crippen LogP contribution in [0, 0.1) is 0 Å². The molecular weight excluding hydrogens is 685 g/mol. The van der Waals surface area contributed by atoms with Gasteiger partial charge in [0.2, 0.25) is 0 Å². The molecule has 2 heterocycles. The van der Waals surface area contributed by atoms with E-state index >= 15 is 0 Å². The quantitative estimate of drug-likeness (QED) is 0.166. The lowest BCUT2D eigenvalue weighted by Crippen LogP contribution is -2.09. The van der Waals surface area contributed by atoms with Crippen LogP contribution in [-0.4, -0.2) is 4.57 Å². The van der Waals surface area contributed by atoms with E-state index in [-0.39, 0.29) is 0 Å². The molecule has 0 bridgehead atoms. The average molecular weight is 719 g/mol. The van der Waals surface area contributed by atoms with Crippen LogP contribution in [0.3, 0.4) is 0 Å². The third kappa shape index (κ3) is 5.24. The number of benzene rings is 9. The van der Waals surface area contributed by atoms with Gasteiger partial charge in [0.25, 0.3) is 0 Å². The zero-order valence-corrected chi connectivity index (χ0v) is 30.7. The predicted octanol–water partition coefficient (Wildman–Crippen LogP) is 15.1. The van der Waals surface area contributed by atoms with Crippen molar-refractivity contribution >= 4 is 81.1 Å². The second-order valence-corrected chi connectivity index (χ2v) is 15.2. The average Bonchev–Trinajstić information content (AvgIpc) is 3.80. The summed E-state index contributed by atoms with van der Waals surface area (Å²) in [6.45, 7) is 0. The smallest absolute Gasteiger partial charge is 0.0541 e. The van der Waals surface area contributed by atoms with Gasteiger partial charge in [-0.05, 0) is 88.1 Å². The molecule has 0 saturated heterocycles. The zero-order chi connectivity index (χ0) is 36.3. The molecule has 55 heavy (non-hydrogen) atoms. The molecule has 3 heteroatoms. The molecule has 11 rings (SSSR count). The molecule has 11 aromatic rings. The molecule has 0 saturated carbocycles. The maximum Gasteiger partial charge on any atom is 0.0541 e. The number of hydrogen-bond acceptors (Lipinski definition) is 2. The van der Waals surface area contributed by atoms with Crippen LogP contribution in [0.5, 0.6) is 0 Å². The summed E-state index contributed by atoms with van der Waals surface area (Å²) in [5.41, 5.74) is 11.8. The number of anilines is 3. The summed E-state index contributed by atoms with van der Waals surface area (Å²) in [6, 6.07) is 75.2. The summed E-state index contributed by atoms with van der Waals surface area (Å²) in [7, 11) is 0. The minimum absolute atomic E-state index is 1.11. The molecule has 0 aliphatic carbocycles.